The van der Waals surface area contributed by atoms with Crippen LogP contribution in [0.25, 0.3) is 0 Å². The number of rotatable bonds is 10. The number of ether oxygens (including phenoxy) is 3. The van der Waals surface area contributed by atoms with E-state index in [1.807, 2.05) is 31.2 Å². The number of amides is 1. The topological polar surface area (TPSA) is 92.9 Å². The Balaban J connectivity index is 1.87. The van der Waals surface area contributed by atoms with Gasteiger partial charge >= 0.3 is 0 Å². The van der Waals surface area contributed by atoms with Gasteiger partial charge in [-0.2, -0.15) is 10.4 Å². The fourth-order valence-corrected chi connectivity index (χ4v) is 3.38. The first-order valence-electron chi connectivity index (χ1n) is 9.31. The van der Waals surface area contributed by atoms with E-state index in [1.165, 1.54) is 18.9 Å². The van der Waals surface area contributed by atoms with E-state index in [0.717, 1.165) is 24.2 Å². The van der Waals surface area contributed by atoms with Gasteiger partial charge in [0, 0.05) is 6.42 Å². The molecule has 0 saturated heterocycles. The molecule has 0 bridgehead atoms. The Morgan fingerprint density at radius 2 is 2.07 bits per heavy atom. The molecule has 0 fully saturated rings. The lowest BCUT2D eigenvalue weighted by Gasteiger charge is -2.11. The van der Waals surface area contributed by atoms with Gasteiger partial charge in [-0.1, -0.05) is 6.07 Å². The molecule has 1 N–H and O–H groups in total. The van der Waals surface area contributed by atoms with Gasteiger partial charge in [-0.15, -0.1) is 0 Å². The molecule has 0 radical (unpaired) electrons. The van der Waals surface area contributed by atoms with Crippen LogP contribution in [0.5, 0.6) is 17.2 Å². The second kappa shape index (κ2) is 11.8. The van der Waals surface area contributed by atoms with E-state index in [2.05, 4.69) is 26.5 Å². The Bertz CT molecular complexity index is 954. The van der Waals surface area contributed by atoms with Gasteiger partial charge in [0.1, 0.15) is 11.8 Å². The molecule has 0 aliphatic carbocycles. The highest BCUT2D eigenvalue weighted by atomic mass is 79.9. The van der Waals surface area contributed by atoms with Crippen molar-refractivity contribution in [2.24, 2.45) is 5.10 Å². The van der Waals surface area contributed by atoms with Crippen molar-refractivity contribution in [1.29, 1.82) is 5.26 Å². The van der Waals surface area contributed by atoms with E-state index in [1.54, 1.807) is 19.2 Å². The van der Waals surface area contributed by atoms with Crippen molar-refractivity contribution >= 4 is 28.1 Å². The first-order chi connectivity index (χ1) is 14.5. The molecule has 0 saturated carbocycles. The highest BCUT2D eigenvalue weighted by Crippen LogP contribution is 2.36. The van der Waals surface area contributed by atoms with Crippen molar-refractivity contribution in [3.63, 3.8) is 0 Å². The van der Waals surface area contributed by atoms with Crippen molar-refractivity contribution in [2.45, 2.75) is 26.2 Å². The van der Waals surface area contributed by atoms with Crippen LogP contribution in [0.4, 0.5) is 0 Å². The average molecular weight is 474 g/mol. The summed E-state index contributed by atoms with van der Waals surface area (Å²) in [7, 11) is 3.15. The molecule has 30 heavy (non-hydrogen) atoms. The maximum absolute atomic E-state index is 12.0. The number of carbonyl (C=O) groups excluding carboxylic acids is 1. The summed E-state index contributed by atoms with van der Waals surface area (Å²) in [5, 5.41) is 12.7. The number of aryl methyl sites for hydroxylation is 2. The second-order valence-electron chi connectivity index (χ2n) is 6.42. The summed E-state index contributed by atoms with van der Waals surface area (Å²) in [5.41, 5.74) is 5.59. The quantitative estimate of drug-likeness (QED) is 0.413. The van der Waals surface area contributed by atoms with Crippen LogP contribution < -0.4 is 19.6 Å². The largest absolute Gasteiger partial charge is 0.497 e. The predicted molar refractivity (Wildman–Crippen MR) is 118 cm³/mol. The minimum atomic E-state index is -0.155. The van der Waals surface area contributed by atoms with Crippen LogP contribution in [-0.2, 0) is 11.2 Å². The molecular formula is C22H24BrN3O4. The van der Waals surface area contributed by atoms with Crippen molar-refractivity contribution in [3.05, 3.63) is 51.5 Å². The number of hydrogen-bond donors (Lipinski definition) is 1. The van der Waals surface area contributed by atoms with Crippen LogP contribution in [0.1, 0.15) is 29.5 Å². The Morgan fingerprint density at radius 1 is 1.27 bits per heavy atom. The van der Waals surface area contributed by atoms with Gasteiger partial charge in [0.15, 0.2) is 18.1 Å². The molecule has 8 heteroatoms. The third-order valence-corrected chi connectivity index (χ3v) is 4.92. The van der Waals surface area contributed by atoms with Crippen molar-refractivity contribution in [1.82, 2.24) is 5.43 Å². The minimum Gasteiger partial charge on any atom is -0.497 e. The fourth-order valence-electron chi connectivity index (χ4n) is 2.81. The first-order valence-corrected chi connectivity index (χ1v) is 10.1. The van der Waals surface area contributed by atoms with Gasteiger partial charge in [-0.25, -0.2) is 5.43 Å². The molecule has 0 spiro atoms. The zero-order valence-electron chi connectivity index (χ0n) is 17.2. The maximum Gasteiger partial charge on any atom is 0.240 e. The molecule has 0 unspecified atom stereocenters. The number of carbonyl (C=O) groups is 1. The van der Waals surface area contributed by atoms with Crippen molar-refractivity contribution < 1.29 is 19.0 Å². The number of benzene rings is 2. The Labute approximate surface area is 184 Å². The molecule has 2 aromatic carbocycles. The lowest BCUT2D eigenvalue weighted by Crippen LogP contribution is -2.17. The third-order valence-electron chi connectivity index (χ3n) is 4.34. The van der Waals surface area contributed by atoms with Gasteiger partial charge in [-0.3, -0.25) is 4.79 Å². The van der Waals surface area contributed by atoms with Gasteiger partial charge in [0.2, 0.25) is 5.91 Å². The van der Waals surface area contributed by atoms with E-state index in [4.69, 9.17) is 19.5 Å². The Hall–Kier alpha value is -3.05. The first kappa shape index (κ1) is 23.2. The van der Waals surface area contributed by atoms with Gasteiger partial charge in [-0.05, 0) is 76.7 Å². The number of nitriles is 1. The van der Waals surface area contributed by atoms with E-state index in [0.29, 0.717) is 28.0 Å². The normalized spacial score (nSPS) is 10.5. The van der Waals surface area contributed by atoms with E-state index >= 15 is 0 Å². The molecule has 0 aliphatic heterocycles. The van der Waals surface area contributed by atoms with E-state index in [-0.39, 0.29) is 12.5 Å². The molecule has 2 rings (SSSR count). The zero-order chi connectivity index (χ0) is 21.9. The molecule has 0 atom stereocenters. The molecular weight excluding hydrogens is 450 g/mol. The molecule has 158 valence electrons. The number of hydrogen-bond acceptors (Lipinski definition) is 6. The molecule has 2 aromatic rings. The molecule has 0 aromatic heterocycles. The van der Waals surface area contributed by atoms with Crippen LogP contribution in [0, 0.1) is 18.3 Å². The maximum atomic E-state index is 12.0. The number of halogens is 1. The summed E-state index contributed by atoms with van der Waals surface area (Å²) in [5.74, 6) is 1.57. The molecule has 7 nitrogen and oxygen atoms in total. The van der Waals surface area contributed by atoms with Crippen molar-refractivity contribution in [3.8, 4) is 23.3 Å². The smallest absolute Gasteiger partial charge is 0.240 e. The average Bonchev–Trinajstić information content (AvgIpc) is 2.73. The third kappa shape index (κ3) is 6.78. The van der Waals surface area contributed by atoms with Crippen LogP contribution in [0.2, 0.25) is 0 Å². The van der Waals surface area contributed by atoms with Crippen LogP contribution in [0.15, 0.2) is 39.9 Å². The highest BCUT2D eigenvalue weighted by molar-refractivity contribution is 9.10. The minimum absolute atomic E-state index is 0.0888. The van der Waals surface area contributed by atoms with E-state index in [9.17, 15) is 4.79 Å². The lowest BCUT2D eigenvalue weighted by molar-refractivity contribution is -0.121. The van der Waals surface area contributed by atoms with Gasteiger partial charge in [0.05, 0.1) is 24.9 Å². The zero-order valence-corrected chi connectivity index (χ0v) is 18.8. The molecule has 0 aliphatic rings. The Morgan fingerprint density at radius 3 is 2.73 bits per heavy atom. The van der Waals surface area contributed by atoms with Crippen LogP contribution in [0.3, 0.4) is 0 Å². The van der Waals surface area contributed by atoms with Crippen LogP contribution in [-0.4, -0.2) is 32.9 Å². The summed E-state index contributed by atoms with van der Waals surface area (Å²) in [6.07, 6.45) is 3.42. The second-order valence-corrected chi connectivity index (χ2v) is 7.27. The predicted octanol–water partition coefficient (Wildman–Crippen LogP) is 4.15. The summed E-state index contributed by atoms with van der Waals surface area (Å²) < 4.78 is 16.5. The molecule has 0 heterocycles. The summed E-state index contributed by atoms with van der Waals surface area (Å²) in [4.78, 5) is 12.0. The van der Waals surface area contributed by atoms with Gasteiger partial charge < -0.3 is 14.2 Å². The van der Waals surface area contributed by atoms with Gasteiger partial charge in [0.25, 0.3) is 0 Å². The summed E-state index contributed by atoms with van der Waals surface area (Å²) in [6, 6.07) is 11.3. The van der Waals surface area contributed by atoms with E-state index < -0.39 is 0 Å². The SMILES string of the molecule is COc1ccc(CCCC(=O)N/N=C\c2cc(Br)c(OCC#N)c(OC)c2)c(C)c1. The highest BCUT2D eigenvalue weighted by Gasteiger charge is 2.11. The standard InChI is InChI=1S/C22H24BrN3O4/c1-15-11-18(28-2)8-7-17(15)5-4-6-21(27)26-25-14-16-12-19(23)22(30-10-9-24)20(13-16)29-3/h7-8,11-14H,4-6,10H2,1-3H3,(H,26,27)/b25-14-. The number of hydrazone groups is 1. The number of nitrogens with one attached hydrogen (secondary N) is 1. The number of nitrogens with zero attached hydrogens (tertiary/aromatic N) is 2. The summed E-state index contributed by atoms with van der Waals surface area (Å²) >= 11 is 3.39. The van der Waals surface area contributed by atoms with Crippen molar-refractivity contribution in [2.75, 3.05) is 20.8 Å². The fraction of sp³-hybridized carbons (Fsp3) is 0.318. The molecule has 1 amide bonds. The Kier molecular flexibility index (Phi) is 9.16. The summed E-state index contributed by atoms with van der Waals surface area (Å²) in [6.45, 7) is 1.94. The monoisotopic (exact) mass is 473 g/mol. The lowest BCUT2D eigenvalue weighted by atomic mass is 10.0. The van der Waals surface area contributed by atoms with Crippen LogP contribution >= 0.6 is 15.9 Å². The number of methoxy groups -OCH3 is 2.